The van der Waals surface area contributed by atoms with Crippen molar-refractivity contribution in [1.82, 2.24) is 30.2 Å². The number of nitrogens with one attached hydrogen (secondary N) is 1. The maximum Gasteiger partial charge on any atom is 0.510 e. The van der Waals surface area contributed by atoms with Gasteiger partial charge in [-0.15, -0.1) is 5.10 Å². The van der Waals surface area contributed by atoms with E-state index in [1.54, 1.807) is 6.92 Å². The number of carbonyl (C=O) groups excluding carboxylic acids is 2. The minimum absolute atomic E-state index is 0.00435. The zero-order valence-electron chi connectivity index (χ0n) is 22.6. The Bertz CT molecular complexity index is 1440. The Hall–Kier alpha value is -4.62. The molecule has 0 atom stereocenters. The normalized spacial score (nSPS) is 11.3. The molecule has 0 fully saturated rings. The lowest BCUT2D eigenvalue weighted by atomic mass is 9.98. The third kappa shape index (κ3) is 6.50. The molecule has 4 aromatic rings. The molecule has 0 aliphatic rings. The molecule has 0 saturated carbocycles. The highest BCUT2D eigenvalue weighted by Gasteiger charge is 2.33. The molecule has 0 spiro atoms. The van der Waals surface area contributed by atoms with Gasteiger partial charge in [0.15, 0.2) is 18.2 Å². The molecule has 0 amide bonds. The Morgan fingerprint density at radius 3 is 2.35 bits per heavy atom. The van der Waals surface area contributed by atoms with Gasteiger partial charge in [0.05, 0.1) is 12.3 Å². The molecule has 0 saturated heterocycles. The van der Waals surface area contributed by atoms with E-state index in [0.29, 0.717) is 5.82 Å². The van der Waals surface area contributed by atoms with Gasteiger partial charge in [0.25, 0.3) is 0 Å². The van der Waals surface area contributed by atoms with Crippen molar-refractivity contribution in [3.05, 3.63) is 71.3 Å². The number of carbonyl (C=O) groups is 2. The van der Waals surface area contributed by atoms with Crippen LogP contribution in [0.4, 0.5) is 4.79 Å². The summed E-state index contributed by atoms with van der Waals surface area (Å²) in [5.41, 5.74) is 1.92. The van der Waals surface area contributed by atoms with E-state index in [9.17, 15) is 14.7 Å². The molecule has 0 unspecified atom stereocenters. The highest BCUT2D eigenvalue weighted by atomic mass is 16.7. The lowest BCUT2D eigenvalue weighted by Crippen LogP contribution is -2.26. The average Bonchev–Trinajstić information content (AvgIpc) is 3.60. The monoisotopic (exact) mass is 550 g/mol. The van der Waals surface area contributed by atoms with Gasteiger partial charge in [-0.05, 0) is 47.9 Å². The van der Waals surface area contributed by atoms with Gasteiger partial charge in [-0.2, -0.15) is 0 Å². The van der Waals surface area contributed by atoms with Crippen molar-refractivity contribution in [3.63, 3.8) is 0 Å². The minimum atomic E-state index is -1.53. The number of imidazole rings is 1. The Morgan fingerprint density at radius 2 is 1.73 bits per heavy atom. The van der Waals surface area contributed by atoms with Crippen molar-refractivity contribution in [1.29, 1.82) is 0 Å². The van der Waals surface area contributed by atoms with Crippen LogP contribution in [-0.4, -0.2) is 61.1 Å². The number of hydrogen-bond acceptors (Lipinski definition) is 11. The van der Waals surface area contributed by atoms with Crippen molar-refractivity contribution in [2.24, 2.45) is 0 Å². The van der Waals surface area contributed by atoms with Gasteiger partial charge in [-0.3, -0.25) is 4.57 Å². The van der Waals surface area contributed by atoms with E-state index in [1.165, 1.54) is 25.5 Å². The highest BCUT2D eigenvalue weighted by Crippen LogP contribution is 2.30. The van der Waals surface area contributed by atoms with Crippen LogP contribution in [0.3, 0.4) is 0 Å². The molecule has 2 aromatic carbocycles. The number of aromatic nitrogens is 6. The maximum atomic E-state index is 13.2. The summed E-state index contributed by atoms with van der Waals surface area (Å²) in [5, 5.41) is 24.9. The Balaban J connectivity index is 1.53. The number of benzene rings is 2. The van der Waals surface area contributed by atoms with E-state index < -0.39 is 17.7 Å². The third-order valence-corrected chi connectivity index (χ3v) is 5.83. The predicted octanol–water partition coefficient (Wildman–Crippen LogP) is 3.59. The number of esters is 1. The van der Waals surface area contributed by atoms with Gasteiger partial charge < -0.3 is 24.1 Å². The Kier molecular flexibility index (Phi) is 8.86. The lowest BCUT2D eigenvalue weighted by Gasteiger charge is -2.22. The number of tetrazole rings is 1. The molecule has 210 valence electrons. The first-order valence-corrected chi connectivity index (χ1v) is 12.4. The van der Waals surface area contributed by atoms with E-state index >= 15 is 0 Å². The van der Waals surface area contributed by atoms with E-state index in [2.05, 4.69) is 25.6 Å². The first kappa shape index (κ1) is 28.4. The summed E-state index contributed by atoms with van der Waals surface area (Å²) in [6.45, 7) is 4.38. The largest absolute Gasteiger partial charge is 0.510 e. The minimum Gasteiger partial charge on any atom is -0.456 e. The Morgan fingerprint density at radius 1 is 1.00 bits per heavy atom. The Labute approximate surface area is 230 Å². The summed E-state index contributed by atoms with van der Waals surface area (Å²) in [5.74, 6) is 0.0635. The van der Waals surface area contributed by atoms with Crippen LogP contribution in [0.25, 0.3) is 22.5 Å². The van der Waals surface area contributed by atoms with Crippen molar-refractivity contribution in [2.75, 3.05) is 13.7 Å². The molecular weight excluding hydrogens is 520 g/mol. The second-order valence-corrected chi connectivity index (χ2v) is 9.17. The molecule has 4 rings (SSSR count). The van der Waals surface area contributed by atoms with E-state index in [0.717, 1.165) is 22.3 Å². The number of nitrogens with zero attached hydrogens (tertiary/aromatic N) is 5. The number of aromatic amines is 1. The SMILES string of the molecule is CCOC(=O)OCn1c(COC)nc(C(=O)OCc2ccc(-c3ccccc3-c3nnn[nH]3)cc2)c1C(C)(C)O. The van der Waals surface area contributed by atoms with Crippen molar-refractivity contribution < 1.29 is 33.6 Å². The van der Waals surface area contributed by atoms with Crippen LogP contribution < -0.4 is 0 Å². The van der Waals surface area contributed by atoms with E-state index in [1.807, 2.05) is 48.5 Å². The third-order valence-electron chi connectivity index (χ3n) is 5.83. The number of hydrogen-bond donors (Lipinski definition) is 2. The first-order valence-electron chi connectivity index (χ1n) is 12.4. The summed E-state index contributed by atoms with van der Waals surface area (Å²) >= 11 is 0. The molecule has 0 radical (unpaired) electrons. The van der Waals surface area contributed by atoms with Crippen molar-refractivity contribution in [3.8, 4) is 22.5 Å². The summed E-state index contributed by atoms with van der Waals surface area (Å²) < 4.78 is 22.1. The van der Waals surface area contributed by atoms with Gasteiger partial charge in [0, 0.05) is 12.7 Å². The fourth-order valence-corrected chi connectivity index (χ4v) is 4.13. The van der Waals surface area contributed by atoms with Crippen LogP contribution in [0.15, 0.2) is 48.5 Å². The van der Waals surface area contributed by atoms with Gasteiger partial charge in [-0.1, -0.05) is 48.5 Å². The van der Waals surface area contributed by atoms with E-state index in [-0.39, 0.29) is 43.8 Å². The summed E-state index contributed by atoms with van der Waals surface area (Å²) in [7, 11) is 1.46. The second kappa shape index (κ2) is 12.5. The van der Waals surface area contributed by atoms with Crippen LogP contribution in [0.5, 0.6) is 0 Å². The van der Waals surface area contributed by atoms with Crippen molar-refractivity contribution in [2.45, 2.75) is 46.3 Å². The van der Waals surface area contributed by atoms with Crippen LogP contribution in [0.2, 0.25) is 0 Å². The molecule has 0 aliphatic carbocycles. The van der Waals surface area contributed by atoms with Crippen molar-refractivity contribution >= 4 is 12.1 Å². The quantitative estimate of drug-likeness (QED) is 0.262. The summed E-state index contributed by atoms with van der Waals surface area (Å²) in [6, 6.07) is 15.2. The zero-order chi connectivity index (χ0) is 28.7. The molecule has 0 aliphatic heterocycles. The van der Waals surface area contributed by atoms with Gasteiger partial charge >= 0.3 is 12.1 Å². The first-order chi connectivity index (χ1) is 19.2. The lowest BCUT2D eigenvalue weighted by molar-refractivity contribution is 0.0218. The number of methoxy groups -OCH3 is 1. The molecule has 13 heteroatoms. The zero-order valence-corrected chi connectivity index (χ0v) is 22.6. The summed E-state index contributed by atoms with van der Waals surface area (Å²) in [4.78, 5) is 29.3. The van der Waals surface area contributed by atoms with Crippen LogP contribution in [0, 0.1) is 0 Å². The fourth-order valence-electron chi connectivity index (χ4n) is 4.13. The smallest absolute Gasteiger partial charge is 0.456 e. The fraction of sp³-hybridized carbons (Fsp3) is 0.333. The number of rotatable bonds is 11. The average molecular weight is 551 g/mol. The number of aliphatic hydroxyl groups is 1. The van der Waals surface area contributed by atoms with Gasteiger partial charge in [0.1, 0.15) is 24.6 Å². The predicted molar refractivity (Wildman–Crippen MR) is 140 cm³/mol. The highest BCUT2D eigenvalue weighted by molar-refractivity contribution is 5.89. The van der Waals surface area contributed by atoms with Gasteiger partial charge in [0.2, 0.25) is 0 Å². The molecule has 13 nitrogen and oxygen atoms in total. The molecule has 2 heterocycles. The van der Waals surface area contributed by atoms with Crippen LogP contribution >= 0.6 is 0 Å². The molecule has 40 heavy (non-hydrogen) atoms. The number of ether oxygens (including phenoxy) is 4. The van der Waals surface area contributed by atoms with Gasteiger partial charge in [-0.25, -0.2) is 19.7 Å². The maximum absolute atomic E-state index is 13.2. The standard InChI is InChI=1S/C27H30N6O7/c1-5-38-26(35)40-16-33-21(15-37-4)28-22(23(33)27(2,3)36)25(34)39-14-17-10-12-18(13-11-17)19-8-6-7-9-20(19)24-29-31-32-30-24/h6-13,36H,5,14-16H2,1-4H3,(H,29,30,31,32). The molecular formula is C27H30N6O7. The summed E-state index contributed by atoms with van der Waals surface area (Å²) in [6.07, 6.45) is -0.894. The second-order valence-electron chi connectivity index (χ2n) is 9.17. The van der Waals surface area contributed by atoms with Crippen LogP contribution in [-0.2, 0) is 44.5 Å². The van der Waals surface area contributed by atoms with E-state index in [4.69, 9.17) is 18.9 Å². The van der Waals surface area contributed by atoms with Crippen LogP contribution in [0.1, 0.15) is 48.3 Å². The molecule has 0 bridgehead atoms. The number of H-pyrrole nitrogens is 1. The molecule has 2 N–H and O–H groups in total. The molecule has 2 aromatic heterocycles. The topological polar surface area (TPSA) is 164 Å².